The predicted molar refractivity (Wildman–Crippen MR) is 93.1 cm³/mol. The molecule has 1 atom stereocenters. The van der Waals surface area contributed by atoms with Crippen LogP contribution in [0.2, 0.25) is 5.02 Å². The Kier molecular flexibility index (Phi) is 5.73. The van der Waals surface area contributed by atoms with Gasteiger partial charge in [-0.05, 0) is 39.0 Å². The predicted octanol–water partition coefficient (Wildman–Crippen LogP) is 4.83. The van der Waals surface area contributed by atoms with Crippen LogP contribution in [0.25, 0.3) is 0 Å². The number of halogens is 4. The maximum absolute atomic E-state index is 12.9. The first kappa shape index (κ1) is 19.7. The summed E-state index contributed by atoms with van der Waals surface area (Å²) in [6, 6.07) is 3.61. The van der Waals surface area contributed by atoms with Gasteiger partial charge < -0.3 is 5.32 Å². The number of carbonyl (C=O) groups is 1. The molecule has 1 aromatic heterocycles. The lowest BCUT2D eigenvalue weighted by Crippen LogP contribution is -2.23. The van der Waals surface area contributed by atoms with Crippen molar-refractivity contribution in [3.05, 3.63) is 40.2 Å². The molecule has 2 rings (SSSR count). The van der Waals surface area contributed by atoms with Gasteiger partial charge in [-0.2, -0.15) is 18.3 Å². The van der Waals surface area contributed by atoms with Crippen LogP contribution in [0.3, 0.4) is 0 Å². The summed E-state index contributed by atoms with van der Waals surface area (Å²) in [6.45, 7) is 5.22. The van der Waals surface area contributed by atoms with E-state index in [4.69, 9.17) is 11.6 Å². The van der Waals surface area contributed by atoms with Crippen LogP contribution in [0, 0.1) is 13.8 Å². The number of nitrogens with zero attached hydrogens (tertiary/aromatic N) is 2. The molecule has 0 bridgehead atoms. The topological polar surface area (TPSA) is 46.9 Å². The Bertz CT molecular complexity index is 805. The molecule has 0 aliphatic rings. The number of amides is 1. The van der Waals surface area contributed by atoms with Gasteiger partial charge in [-0.25, -0.2) is 0 Å². The lowest BCUT2D eigenvalue weighted by Gasteiger charge is -2.14. The third-order valence-corrected chi connectivity index (χ3v) is 5.11. The lowest BCUT2D eigenvalue weighted by atomic mass is 10.2. The number of rotatable bonds is 4. The first-order valence-electron chi connectivity index (χ1n) is 7.35. The van der Waals surface area contributed by atoms with E-state index in [1.165, 1.54) is 12.1 Å². The molecule has 0 radical (unpaired) electrons. The molecular weight excluding hydrogens is 375 g/mol. The highest BCUT2D eigenvalue weighted by atomic mass is 35.5. The number of aryl methyl sites for hydroxylation is 2. The third kappa shape index (κ3) is 4.49. The van der Waals surface area contributed by atoms with Gasteiger partial charge in [0.25, 0.3) is 0 Å². The monoisotopic (exact) mass is 391 g/mol. The van der Waals surface area contributed by atoms with Crippen molar-refractivity contribution in [2.45, 2.75) is 37.1 Å². The van der Waals surface area contributed by atoms with E-state index < -0.39 is 17.0 Å². The van der Waals surface area contributed by atoms with Crippen LogP contribution in [0.1, 0.15) is 23.9 Å². The minimum absolute atomic E-state index is 0.312. The van der Waals surface area contributed by atoms with Gasteiger partial charge in [-0.3, -0.25) is 9.48 Å². The van der Waals surface area contributed by atoms with Crippen molar-refractivity contribution in [3.8, 4) is 0 Å². The molecular formula is C16H17ClF3N3OS. The highest BCUT2D eigenvalue weighted by Crippen LogP contribution is 2.37. The van der Waals surface area contributed by atoms with Gasteiger partial charge in [0.05, 0.1) is 32.9 Å². The average molecular weight is 392 g/mol. The summed E-state index contributed by atoms with van der Waals surface area (Å²) < 4.78 is 40.4. The smallest absolute Gasteiger partial charge is 0.322 e. The Morgan fingerprint density at radius 2 is 2.00 bits per heavy atom. The van der Waals surface area contributed by atoms with Crippen molar-refractivity contribution in [2.75, 3.05) is 5.32 Å². The van der Waals surface area contributed by atoms with E-state index in [0.29, 0.717) is 16.3 Å². The van der Waals surface area contributed by atoms with Crippen LogP contribution in [-0.2, 0) is 18.0 Å². The molecule has 0 fully saturated rings. The highest BCUT2D eigenvalue weighted by molar-refractivity contribution is 8.00. The molecule has 25 heavy (non-hydrogen) atoms. The number of nitrogens with one attached hydrogen (secondary N) is 1. The van der Waals surface area contributed by atoms with Crippen LogP contribution in [0.4, 0.5) is 18.9 Å². The summed E-state index contributed by atoms with van der Waals surface area (Å²) in [5, 5.41) is 6.03. The standard InChI is InChI=1S/C16H17ClF3N3OS/c1-8-14(9(2)23(4)22-8)21-15(24)10(3)25-11-5-6-13(17)12(7-11)16(18,19)20/h5-7,10H,1-4H3,(H,21,24)/t10-/m0/s1. The number of thioether (sulfide) groups is 1. The number of benzene rings is 1. The fourth-order valence-electron chi connectivity index (χ4n) is 2.23. The normalized spacial score (nSPS) is 13.0. The Morgan fingerprint density at radius 3 is 2.52 bits per heavy atom. The van der Waals surface area contributed by atoms with Crippen molar-refractivity contribution in [1.82, 2.24) is 9.78 Å². The number of hydrogen-bond acceptors (Lipinski definition) is 3. The second-order valence-electron chi connectivity index (χ2n) is 5.56. The van der Waals surface area contributed by atoms with E-state index >= 15 is 0 Å². The SMILES string of the molecule is Cc1nn(C)c(C)c1NC(=O)[C@H](C)Sc1ccc(Cl)c(C(F)(F)F)c1. The van der Waals surface area contributed by atoms with Gasteiger partial charge in [0.2, 0.25) is 5.91 Å². The Balaban J connectivity index is 2.14. The van der Waals surface area contributed by atoms with Crippen molar-refractivity contribution in [3.63, 3.8) is 0 Å². The number of carbonyl (C=O) groups excluding carboxylic acids is 1. The van der Waals surface area contributed by atoms with Crippen LogP contribution < -0.4 is 5.32 Å². The van der Waals surface area contributed by atoms with Gasteiger partial charge >= 0.3 is 6.18 Å². The molecule has 136 valence electrons. The number of anilines is 1. The Labute approximate surface area is 152 Å². The van der Waals surface area contributed by atoms with Gasteiger partial charge in [0.1, 0.15) is 0 Å². The Morgan fingerprint density at radius 1 is 1.36 bits per heavy atom. The molecule has 1 heterocycles. The average Bonchev–Trinajstić information content (AvgIpc) is 2.74. The van der Waals surface area contributed by atoms with Crippen molar-refractivity contribution in [1.29, 1.82) is 0 Å². The van der Waals surface area contributed by atoms with E-state index in [1.54, 1.807) is 25.6 Å². The fraction of sp³-hybridized carbons (Fsp3) is 0.375. The molecule has 0 aliphatic heterocycles. The van der Waals surface area contributed by atoms with Gasteiger partial charge in [0, 0.05) is 11.9 Å². The molecule has 0 aliphatic carbocycles. The zero-order valence-corrected chi connectivity index (χ0v) is 15.6. The number of aromatic nitrogens is 2. The molecule has 4 nitrogen and oxygen atoms in total. The second kappa shape index (κ2) is 7.29. The summed E-state index contributed by atoms with van der Waals surface area (Å²) >= 11 is 6.64. The van der Waals surface area contributed by atoms with Crippen molar-refractivity contribution >= 4 is 35.0 Å². The van der Waals surface area contributed by atoms with Crippen molar-refractivity contribution in [2.24, 2.45) is 7.05 Å². The van der Waals surface area contributed by atoms with E-state index in [-0.39, 0.29) is 10.9 Å². The zero-order chi connectivity index (χ0) is 18.9. The molecule has 1 N–H and O–H groups in total. The Hall–Kier alpha value is -1.67. The molecule has 0 spiro atoms. The zero-order valence-electron chi connectivity index (χ0n) is 14.0. The first-order valence-corrected chi connectivity index (χ1v) is 8.61. The summed E-state index contributed by atoms with van der Waals surface area (Å²) in [4.78, 5) is 12.7. The largest absolute Gasteiger partial charge is 0.417 e. The quantitative estimate of drug-likeness (QED) is 0.759. The van der Waals surface area contributed by atoms with Crippen LogP contribution in [-0.4, -0.2) is 20.9 Å². The van der Waals surface area contributed by atoms with E-state index in [0.717, 1.165) is 23.5 Å². The molecule has 1 amide bonds. The fourth-order valence-corrected chi connectivity index (χ4v) is 3.36. The third-order valence-electron chi connectivity index (χ3n) is 3.68. The minimum Gasteiger partial charge on any atom is -0.322 e. The summed E-state index contributed by atoms with van der Waals surface area (Å²) in [7, 11) is 1.77. The van der Waals surface area contributed by atoms with Crippen molar-refractivity contribution < 1.29 is 18.0 Å². The molecule has 9 heteroatoms. The number of hydrogen-bond donors (Lipinski definition) is 1. The molecule has 0 saturated carbocycles. The highest BCUT2D eigenvalue weighted by Gasteiger charge is 2.33. The summed E-state index contributed by atoms with van der Waals surface area (Å²) in [5.41, 5.74) is 1.18. The van der Waals surface area contributed by atoms with Crippen LogP contribution in [0.5, 0.6) is 0 Å². The lowest BCUT2D eigenvalue weighted by molar-refractivity contribution is -0.137. The minimum atomic E-state index is -4.54. The van der Waals surface area contributed by atoms with E-state index in [9.17, 15) is 18.0 Å². The van der Waals surface area contributed by atoms with E-state index in [1.807, 2.05) is 6.92 Å². The van der Waals surface area contributed by atoms with Gasteiger partial charge in [0.15, 0.2) is 0 Å². The molecule has 1 aromatic carbocycles. The number of alkyl halides is 3. The molecule has 2 aromatic rings. The maximum atomic E-state index is 12.9. The summed E-state index contributed by atoms with van der Waals surface area (Å²) in [6.07, 6.45) is -4.54. The molecule has 0 unspecified atom stereocenters. The summed E-state index contributed by atoms with van der Waals surface area (Å²) in [5.74, 6) is -0.312. The maximum Gasteiger partial charge on any atom is 0.417 e. The van der Waals surface area contributed by atoms with E-state index in [2.05, 4.69) is 10.4 Å². The van der Waals surface area contributed by atoms with Gasteiger partial charge in [-0.1, -0.05) is 11.6 Å². The molecule has 0 saturated heterocycles. The van der Waals surface area contributed by atoms with Crippen LogP contribution >= 0.6 is 23.4 Å². The van der Waals surface area contributed by atoms with Gasteiger partial charge in [-0.15, -0.1) is 11.8 Å². The second-order valence-corrected chi connectivity index (χ2v) is 7.38. The van der Waals surface area contributed by atoms with Crippen LogP contribution in [0.15, 0.2) is 23.1 Å². The first-order chi connectivity index (χ1) is 11.5.